The van der Waals surface area contributed by atoms with Gasteiger partial charge in [0, 0.05) is 0 Å². The topological polar surface area (TPSA) is 54.0 Å². The molecule has 0 radical (unpaired) electrons. The summed E-state index contributed by atoms with van der Waals surface area (Å²) in [7, 11) is 0. The van der Waals surface area contributed by atoms with E-state index >= 15 is 0 Å². The van der Waals surface area contributed by atoms with Gasteiger partial charge in [-0.25, -0.2) is 4.79 Å². The highest BCUT2D eigenvalue weighted by molar-refractivity contribution is 5.70. The maximum absolute atomic E-state index is 11.6. The molecule has 1 heterocycles. The summed E-state index contributed by atoms with van der Waals surface area (Å²) in [6.07, 6.45) is 0. The van der Waals surface area contributed by atoms with Crippen LogP contribution >= 0.6 is 0 Å². The Hall–Kier alpha value is -2.37. The van der Waals surface area contributed by atoms with Gasteiger partial charge in [-0.1, -0.05) is 36.4 Å². The van der Waals surface area contributed by atoms with E-state index in [1.54, 1.807) is 6.92 Å². The van der Waals surface area contributed by atoms with E-state index in [0.717, 1.165) is 22.4 Å². The molecule has 1 aliphatic heterocycles. The highest BCUT2D eigenvalue weighted by atomic mass is 16.6. The maximum atomic E-state index is 11.6. The Kier molecular flexibility index (Phi) is 5.91. The summed E-state index contributed by atoms with van der Waals surface area (Å²) >= 11 is 0. The Morgan fingerprint density at radius 2 is 1.92 bits per heavy atom. The highest BCUT2D eigenvalue weighted by Crippen LogP contribution is 2.37. The zero-order valence-electron chi connectivity index (χ0n) is 15.2. The molecule has 5 nitrogen and oxygen atoms in total. The van der Waals surface area contributed by atoms with Crippen LogP contribution < -0.4 is 4.74 Å². The molecule has 26 heavy (non-hydrogen) atoms. The molecule has 0 aromatic heterocycles. The number of carbonyl (C=O) groups excluding carboxylic acids is 1. The minimum Gasteiger partial charge on any atom is -0.489 e. The number of rotatable bonds is 8. The average molecular weight is 356 g/mol. The van der Waals surface area contributed by atoms with Crippen molar-refractivity contribution in [2.24, 2.45) is 0 Å². The molecule has 0 aliphatic carbocycles. The van der Waals surface area contributed by atoms with Crippen LogP contribution in [0.5, 0.6) is 5.75 Å². The Morgan fingerprint density at radius 3 is 2.54 bits per heavy atom. The molecule has 0 spiro atoms. The summed E-state index contributed by atoms with van der Waals surface area (Å²) in [5.74, 6) is 0.440. The van der Waals surface area contributed by atoms with Crippen molar-refractivity contribution >= 4 is 5.97 Å². The van der Waals surface area contributed by atoms with Crippen molar-refractivity contribution in [2.75, 3.05) is 26.4 Å². The Labute approximate surface area is 153 Å². The fourth-order valence-electron chi connectivity index (χ4n) is 2.98. The van der Waals surface area contributed by atoms with E-state index < -0.39 is 5.60 Å². The van der Waals surface area contributed by atoms with E-state index in [0.29, 0.717) is 26.4 Å². The molecule has 2 aromatic rings. The van der Waals surface area contributed by atoms with Crippen LogP contribution in [0.3, 0.4) is 0 Å². The molecule has 0 amide bonds. The van der Waals surface area contributed by atoms with Crippen molar-refractivity contribution in [3.63, 3.8) is 0 Å². The second-order valence-corrected chi connectivity index (χ2v) is 6.33. The highest BCUT2D eigenvalue weighted by Gasteiger charge is 2.43. The maximum Gasteiger partial charge on any atom is 0.332 e. The predicted octanol–water partition coefficient (Wildman–Crippen LogP) is 3.38. The van der Waals surface area contributed by atoms with Gasteiger partial charge in [0.15, 0.2) is 0 Å². The van der Waals surface area contributed by atoms with E-state index in [1.807, 2.05) is 55.5 Å². The Balaban J connectivity index is 1.66. The van der Waals surface area contributed by atoms with Crippen LogP contribution in [-0.4, -0.2) is 32.4 Å². The molecule has 0 unspecified atom stereocenters. The van der Waals surface area contributed by atoms with E-state index in [4.69, 9.17) is 18.9 Å². The zero-order chi connectivity index (χ0) is 18.4. The van der Waals surface area contributed by atoms with Gasteiger partial charge in [0.25, 0.3) is 0 Å². The molecule has 5 heteroatoms. The lowest BCUT2D eigenvalue weighted by atomic mass is 9.88. The molecule has 0 bridgehead atoms. The van der Waals surface area contributed by atoms with Crippen molar-refractivity contribution in [2.45, 2.75) is 26.1 Å². The lowest BCUT2D eigenvalue weighted by Gasteiger charge is -2.42. The summed E-state index contributed by atoms with van der Waals surface area (Å²) in [4.78, 5) is 11.6. The van der Waals surface area contributed by atoms with E-state index in [-0.39, 0.29) is 12.6 Å². The smallest absolute Gasteiger partial charge is 0.332 e. The van der Waals surface area contributed by atoms with Crippen LogP contribution in [0, 0.1) is 6.92 Å². The van der Waals surface area contributed by atoms with Gasteiger partial charge in [0.05, 0.1) is 19.8 Å². The summed E-state index contributed by atoms with van der Waals surface area (Å²) in [5, 5.41) is 0. The minimum atomic E-state index is -0.588. The molecule has 138 valence electrons. The Bertz CT molecular complexity index is 737. The third-order valence-electron chi connectivity index (χ3n) is 4.38. The summed E-state index contributed by atoms with van der Waals surface area (Å²) in [6.45, 7) is 5.43. The predicted molar refractivity (Wildman–Crippen MR) is 97.0 cm³/mol. The number of hydrogen-bond acceptors (Lipinski definition) is 5. The number of benzene rings is 2. The van der Waals surface area contributed by atoms with Crippen molar-refractivity contribution in [1.82, 2.24) is 0 Å². The van der Waals surface area contributed by atoms with Crippen molar-refractivity contribution in [3.8, 4) is 5.75 Å². The second kappa shape index (κ2) is 8.34. The summed E-state index contributed by atoms with van der Waals surface area (Å²) in [6, 6.07) is 16.0. The molecule has 2 aromatic carbocycles. The van der Waals surface area contributed by atoms with Gasteiger partial charge in [-0.3, -0.25) is 0 Å². The molecule has 0 atom stereocenters. The van der Waals surface area contributed by atoms with E-state index in [1.165, 1.54) is 0 Å². The summed E-state index contributed by atoms with van der Waals surface area (Å²) in [5.41, 5.74) is 2.59. The lowest BCUT2D eigenvalue weighted by molar-refractivity contribution is -0.221. The first-order valence-corrected chi connectivity index (χ1v) is 8.78. The monoisotopic (exact) mass is 356 g/mol. The van der Waals surface area contributed by atoms with Crippen LogP contribution in [0.25, 0.3) is 0 Å². The third kappa shape index (κ3) is 4.23. The zero-order valence-corrected chi connectivity index (χ0v) is 15.2. The molecule has 0 N–H and O–H groups in total. The molecular weight excluding hydrogens is 332 g/mol. The average Bonchev–Trinajstić information content (AvgIpc) is 2.61. The van der Waals surface area contributed by atoms with Gasteiger partial charge in [-0.05, 0) is 42.7 Å². The van der Waals surface area contributed by atoms with Crippen LogP contribution in [0.2, 0.25) is 0 Å². The van der Waals surface area contributed by atoms with Gasteiger partial charge in [0.2, 0.25) is 0 Å². The number of esters is 1. The molecule has 0 saturated carbocycles. The number of hydrogen-bond donors (Lipinski definition) is 0. The van der Waals surface area contributed by atoms with Crippen molar-refractivity contribution in [3.05, 3.63) is 65.2 Å². The van der Waals surface area contributed by atoms with Gasteiger partial charge in [-0.2, -0.15) is 0 Å². The SMILES string of the molecule is CCOC(=O)COC1(c2ccc(OCc3ccccc3)cc2C)COC1. The fourth-order valence-corrected chi connectivity index (χ4v) is 2.98. The van der Waals surface area contributed by atoms with Gasteiger partial charge in [0.1, 0.15) is 24.6 Å². The molecule has 1 fully saturated rings. The quantitative estimate of drug-likeness (QED) is 0.679. The fraction of sp³-hybridized carbons (Fsp3) is 0.381. The van der Waals surface area contributed by atoms with Gasteiger partial charge >= 0.3 is 5.97 Å². The van der Waals surface area contributed by atoms with Crippen LogP contribution in [0.4, 0.5) is 0 Å². The van der Waals surface area contributed by atoms with Crippen LogP contribution in [-0.2, 0) is 31.2 Å². The number of carbonyl (C=O) groups is 1. The molecule has 1 saturated heterocycles. The third-order valence-corrected chi connectivity index (χ3v) is 4.38. The molecule has 3 rings (SSSR count). The van der Waals surface area contributed by atoms with E-state index in [9.17, 15) is 4.79 Å². The standard InChI is InChI=1S/C21H24O5/c1-3-24-20(22)13-26-21(14-23-15-21)19-10-9-18(11-16(19)2)25-12-17-7-5-4-6-8-17/h4-11H,3,12-15H2,1-2H3. The normalized spacial score (nSPS) is 15.2. The van der Waals surface area contributed by atoms with Gasteiger partial charge in [-0.15, -0.1) is 0 Å². The van der Waals surface area contributed by atoms with Gasteiger partial charge < -0.3 is 18.9 Å². The molecular formula is C21H24O5. The lowest BCUT2D eigenvalue weighted by Crippen LogP contribution is -2.50. The van der Waals surface area contributed by atoms with Crippen LogP contribution in [0.1, 0.15) is 23.6 Å². The minimum absolute atomic E-state index is 0.0805. The first-order chi connectivity index (χ1) is 12.6. The Morgan fingerprint density at radius 1 is 1.15 bits per heavy atom. The van der Waals surface area contributed by atoms with Crippen LogP contribution in [0.15, 0.2) is 48.5 Å². The molecule has 1 aliphatic rings. The van der Waals surface area contributed by atoms with E-state index in [2.05, 4.69) is 0 Å². The van der Waals surface area contributed by atoms with Crippen molar-refractivity contribution in [1.29, 1.82) is 0 Å². The second-order valence-electron chi connectivity index (χ2n) is 6.33. The first-order valence-electron chi connectivity index (χ1n) is 8.78. The largest absolute Gasteiger partial charge is 0.489 e. The number of ether oxygens (including phenoxy) is 4. The number of aryl methyl sites for hydroxylation is 1. The van der Waals surface area contributed by atoms with Crippen molar-refractivity contribution < 1.29 is 23.7 Å². The first kappa shape index (κ1) is 18.4. The summed E-state index contributed by atoms with van der Waals surface area (Å²) < 4.78 is 22.1.